The van der Waals surface area contributed by atoms with E-state index in [0.717, 1.165) is 0 Å². The Bertz CT molecular complexity index is 445. The van der Waals surface area contributed by atoms with Gasteiger partial charge >= 0.3 is 5.97 Å². The summed E-state index contributed by atoms with van der Waals surface area (Å²) in [6.45, 7) is 3.08. The van der Waals surface area contributed by atoms with Crippen molar-refractivity contribution in [3.63, 3.8) is 0 Å². The number of rotatable bonds is 3. The lowest BCUT2D eigenvalue weighted by Crippen LogP contribution is -2.39. The Hall–Kier alpha value is -1.91. The molecular weight excluding hydrogens is 225 g/mol. The average Bonchev–Trinajstić information content (AvgIpc) is 2.31. The fourth-order valence-corrected chi connectivity index (χ4v) is 1.30. The first kappa shape index (κ1) is 13.2. The Morgan fingerprint density at radius 2 is 2.06 bits per heavy atom. The number of carbonyl (C=O) groups is 2. The molecule has 0 saturated carbocycles. The van der Waals surface area contributed by atoms with Gasteiger partial charge in [0, 0.05) is 5.56 Å². The molecule has 0 saturated heterocycles. The van der Waals surface area contributed by atoms with E-state index in [-0.39, 0.29) is 5.82 Å². The van der Waals surface area contributed by atoms with Gasteiger partial charge in [0.25, 0.3) is 5.91 Å². The number of methoxy groups -OCH3 is 1. The van der Waals surface area contributed by atoms with Gasteiger partial charge in [-0.3, -0.25) is 4.79 Å². The normalized spacial score (nSPS) is 11.8. The predicted octanol–water partition coefficient (Wildman–Crippen LogP) is 1.43. The van der Waals surface area contributed by atoms with E-state index in [1.807, 2.05) is 0 Å². The second kappa shape index (κ2) is 5.43. The number of carbonyl (C=O) groups excluding carboxylic acids is 2. The van der Waals surface area contributed by atoms with Crippen LogP contribution in [0.5, 0.6) is 0 Å². The van der Waals surface area contributed by atoms with Crippen molar-refractivity contribution in [1.29, 1.82) is 0 Å². The number of nitrogens with one attached hydrogen (secondary N) is 1. The molecule has 1 rings (SSSR count). The van der Waals surface area contributed by atoms with Crippen molar-refractivity contribution >= 4 is 11.9 Å². The van der Waals surface area contributed by atoms with Crippen LogP contribution in [0.4, 0.5) is 4.39 Å². The standard InChI is InChI=1S/C12H14FNO3/c1-7-6-9(4-5-10(7)13)11(15)14-8(2)12(16)17-3/h4-6,8H,1-3H3,(H,14,15)/t8-/m0/s1. The molecule has 0 aliphatic rings. The SMILES string of the molecule is COC(=O)[C@H](C)NC(=O)c1ccc(F)c(C)c1. The summed E-state index contributed by atoms with van der Waals surface area (Å²) in [6, 6.07) is 3.27. The lowest BCUT2D eigenvalue weighted by atomic mass is 10.1. The number of benzene rings is 1. The maximum atomic E-state index is 13.0. The monoisotopic (exact) mass is 239 g/mol. The van der Waals surface area contributed by atoms with E-state index in [2.05, 4.69) is 10.1 Å². The van der Waals surface area contributed by atoms with Crippen LogP contribution in [0.25, 0.3) is 0 Å². The van der Waals surface area contributed by atoms with Crippen LogP contribution >= 0.6 is 0 Å². The topological polar surface area (TPSA) is 55.4 Å². The second-order valence-corrected chi connectivity index (χ2v) is 3.68. The van der Waals surface area contributed by atoms with Crippen LogP contribution in [0.2, 0.25) is 0 Å². The summed E-state index contributed by atoms with van der Waals surface area (Å²) < 4.78 is 17.5. The summed E-state index contributed by atoms with van der Waals surface area (Å²) in [6.07, 6.45) is 0. The predicted molar refractivity (Wildman–Crippen MR) is 60.1 cm³/mol. The van der Waals surface area contributed by atoms with Crippen molar-refractivity contribution in [2.45, 2.75) is 19.9 Å². The largest absolute Gasteiger partial charge is 0.467 e. The molecule has 17 heavy (non-hydrogen) atoms. The first-order chi connectivity index (χ1) is 7.95. The van der Waals surface area contributed by atoms with Crippen molar-refractivity contribution in [3.8, 4) is 0 Å². The average molecular weight is 239 g/mol. The van der Waals surface area contributed by atoms with Gasteiger partial charge in [0.1, 0.15) is 11.9 Å². The number of halogens is 1. The van der Waals surface area contributed by atoms with Gasteiger partial charge in [0.05, 0.1) is 7.11 Å². The first-order valence-corrected chi connectivity index (χ1v) is 5.10. The maximum absolute atomic E-state index is 13.0. The molecule has 0 bridgehead atoms. The molecule has 1 N–H and O–H groups in total. The summed E-state index contributed by atoms with van der Waals surface area (Å²) in [7, 11) is 1.24. The van der Waals surface area contributed by atoms with Crippen LogP contribution in [0.3, 0.4) is 0 Å². The number of hydrogen-bond acceptors (Lipinski definition) is 3. The minimum absolute atomic E-state index is 0.305. The van der Waals surface area contributed by atoms with Gasteiger partial charge in [-0.25, -0.2) is 9.18 Å². The lowest BCUT2D eigenvalue weighted by molar-refractivity contribution is -0.142. The van der Waals surface area contributed by atoms with Crippen molar-refractivity contribution in [2.24, 2.45) is 0 Å². The molecule has 0 aliphatic carbocycles. The summed E-state index contributed by atoms with van der Waals surface area (Å²) >= 11 is 0. The summed E-state index contributed by atoms with van der Waals surface area (Å²) in [5, 5.41) is 2.46. The van der Waals surface area contributed by atoms with Crippen LogP contribution in [0.1, 0.15) is 22.8 Å². The van der Waals surface area contributed by atoms with Gasteiger partial charge in [-0.2, -0.15) is 0 Å². The van der Waals surface area contributed by atoms with E-state index in [0.29, 0.717) is 11.1 Å². The van der Waals surface area contributed by atoms with Gasteiger partial charge < -0.3 is 10.1 Å². The van der Waals surface area contributed by atoms with Gasteiger partial charge in [-0.05, 0) is 37.6 Å². The molecule has 1 atom stereocenters. The second-order valence-electron chi connectivity index (χ2n) is 3.68. The molecule has 1 aromatic carbocycles. The van der Waals surface area contributed by atoms with Gasteiger partial charge in [-0.15, -0.1) is 0 Å². The third-order valence-corrected chi connectivity index (χ3v) is 2.32. The fourth-order valence-electron chi connectivity index (χ4n) is 1.30. The van der Waals surface area contributed by atoms with Crippen LogP contribution in [0, 0.1) is 12.7 Å². The van der Waals surface area contributed by atoms with E-state index < -0.39 is 17.9 Å². The van der Waals surface area contributed by atoms with Gasteiger partial charge in [-0.1, -0.05) is 0 Å². The highest BCUT2D eigenvalue weighted by molar-refractivity contribution is 5.96. The number of esters is 1. The van der Waals surface area contributed by atoms with E-state index in [1.165, 1.54) is 32.2 Å². The van der Waals surface area contributed by atoms with Crippen molar-refractivity contribution in [3.05, 3.63) is 35.1 Å². The molecule has 0 spiro atoms. The van der Waals surface area contributed by atoms with Gasteiger partial charge in [0.2, 0.25) is 0 Å². The third kappa shape index (κ3) is 3.27. The smallest absolute Gasteiger partial charge is 0.328 e. The van der Waals surface area contributed by atoms with Crippen LogP contribution in [0.15, 0.2) is 18.2 Å². The Morgan fingerprint density at radius 1 is 1.41 bits per heavy atom. The minimum atomic E-state index is -0.738. The Kier molecular flexibility index (Phi) is 4.20. The highest BCUT2D eigenvalue weighted by Crippen LogP contribution is 2.09. The molecular formula is C12H14FNO3. The van der Waals surface area contributed by atoms with E-state index in [1.54, 1.807) is 6.92 Å². The molecule has 0 radical (unpaired) electrons. The molecule has 0 heterocycles. The highest BCUT2D eigenvalue weighted by Gasteiger charge is 2.17. The van der Waals surface area contributed by atoms with Crippen LogP contribution in [-0.2, 0) is 9.53 Å². The zero-order chi connectivity index (χ0) is 13.0. The number of ether oxygens (including phenoxy) is 1. The Balaban J connectivity index is 2.76. The van der Waals surface area contributed by atoms with Crippen molar-refractivity contribution < 1.29 is 18.7 Å². The molecule has 92 valence electrons. The fraction of sp³-hybridized carbons (Fsp3) is 0.333. The number of aryl methyl sites for hydroxylation is 1. The summed E-state index contributed by atoms with van der Waals surface area (Å²) in [5.74, 6) is -1.34. The van der Waals surface area contributed by atoms with E-state index in [4.69, 9.17) is 0 Å². The molecule has 1 amide bonds. The first-order valence-electron chi connectivity index (χ1n) is 5.10. The van der Waals surface area contributed by atoms with E-state index >= 15 is 0 Å². The molecule has 1 aromatic rings. The summed E-state index contributed by atoms with van der Waals surface area (Å²) in [5.41, 5.74) is 0.683. The highest BCUT2D eigenvalue weighted by atomic mass is 19.1. The van der Waals surface area contributed by atoms with Crippen LogP contribution < -0.4 is 5.32 Å². The quantitative estimate of drug-likeness (QED) is 0.812. The van der Waals surface area contributed by atoms with Crippen LogP contribution in [-0.4, -0.2) is 25.0 Å². The third-order valence-electron chi connectivity index (χ3n) is 2.32. The minimum Gasteiger partial charge on any atom is -0.467 e. The number of amides is 1. The lowest BCUT2D eigenvalue weighted by Gasteiger charge is -2.11. The zero-order valence-corrected chi connectivity index (χ0v) is 9.91. The van der Waals surface area contributed by atoms with Crippen molar-refractivity contribution in [1.82, 2.24) is 5.32 Å². The molecule has 0 aliphatic heterocycles. The molecule has 4 nitrogen and oxygen atoms in total. The molecule has 0 fully saturated rings. The van der Waals surface area contributed by atoms with Crippen molar-refractivity contribution in [2.75, 3.05) is 7.11 Å². The molecule has 5 heteroatoms. The molecule has 0 unspecified atom stereocenters. The number of hydrogen-bond donors (Lipinski definition) is 1. The zero-order valence-electron chi connectivity index (χ0n) is 9.91. The maximum Gasteiger partial charge on any atom is 0.328 e. The summed E-state index contributed by atoms with van der Waals surface area (Å²) in [4.78, 5) is 22.8. The van der Waals surface area contributed by atoms with E-state index in [9.17, 15) is 14.0 Å². The Morgan fingerprint density at radius 3 is 2.59 bits per heavy atom. The molecule has 0 aromatic heterocycles. The Labute approximate surface area is 98.8 Å². The van der Waals surface area contributed by atoms with Gasteiger partial charge in [0.15, 0.2) is 0 Å².